The minimum Gasteiger partial charge on any atom is -0.486 e. The van der Waals surface area contributed by atoms with E-state index in [2.05, 4.69) is 10.2 Å². The maximum Gasteiger partial charge on any atom is 0.264 e. The zero-order valence-electron chi connectivity index (χ0n) is 17.4. The van der Waals surface area contributed by atoms with Crippen LogP contribution in [0.5, 0.6) is 11.5 Å². The van der Waals surface area contributed by atoms with E-state index in [0.717, 1.165) is 42.6 Å². The van der Waals surface area contributed by atoms with Crippen molar-refractivity contribution in [2.24, 2.45) is 0 Å². The highest BCUT2D eigenvalue weighted by molar-refractivity contribution is 7.93. The summed E-state index contributed by atoms with van der Waals surface area (Å²) >= 11 is 0. The Morgan fingerprint density at radius 3 is 2.39 bits per heavy atom. The Morgan fingerprint density at radius 2 is 1.61 bits per heavy atom. The van der Waals surface area contributed by atoms with Crippen molar-refractivity contribution in [3.8, 4) is 11.5 Å². The fourth-order valence-electron chi connectivity index (χ4n) is 4.18. The van der Waals surface area contributed by atoms with Crippen LogP contribution in [-0.4, -0.2) is 54.9 Å². The topological polar surface area (TPSA) is 71.1 Å². The standard InChI is InChI=1S/C23H25N3O4S/c1-25(17-6-8-21-22(16-17)30-15-14-29-21)31(27,28)23-9-7-20(26-12-10-24-11-13-26)18-4-2-3-5-19(18)23/h2-9,16,24H,10-15H2,1H3. The molecular weight excluding hydrogens is 414 g/mol. The largest absolute Gasteiger partial charge is 0.486 e. The third-order valence-corrected chi connectivity index (χ3v) is 7.69. The second-order valence-corrected chi connectivity index (χ2v) is 9.60. The Balaban J connectivity index is 1.56. The Labute approximate surface area is 182 Å². The van der Waals surface area contributed by atoms with Gasteiger partial charge in [0.2, 0.25) is 0 Å². The van der Waals surface area contributed by atoms with Gasteiger partial charge in [0.1, 0.15) is 13.2 Å². The summed E-state index contributed by atoms with van der Waals surface area (Å²) in [5.74, 6) is 1.19. The average Bonchev–Trinajstić information content (AvgIpc) is 2.83. The highest BCUT2D eigenvalue weighted by Crippen LogP contribution is 2.37. The fraction of sp³-hybridized carbons (Fsp3) is 0.304. The molecule has 1 fully saturated rings. The second kappa shape index (κ2) is 7.94. The third kappa shape index (κ3) is 3.55. The Hall–Kier alpha value is -2.97. The van der Waals surface area contributed by atoms with Crippen LogP contribution in [0, 0.1) is 0 Å². The normalized spacial score (nSPS) is 16.4. The van der Waals surface area contributed by atoms with Gasteiger partial charge < -0.3 is 19.7 Å². The number of nitrogens with one attached hydrogen (secondary N) is 1. The first-order valence-corrected chi connectivity index (χ1v) is 11.9. The van der Waals surface area contributed by atoms with Crippen LogP contribution >= 0.6 is 0 Å². The molecule has 2 aliphatic heterocycles. The lowest BCUT2D eigenvalue weighted by Crippen LogP contribution is -2.43. The molecule has 1 saturated heterocycles. The van der Waals surface area contributed by atoms with Crippen LogP contribution < -0.4 is 24.0 Å². The lowest BCUT2D eigenvalue weighted by Gasteiger charge is -2.31. The maximum absolute atomic E-state index is 13.6. The van der Waals surface area contributed by atoms with Gasteiger partial charge in [0, 0.05) is 55.8 Å². The number of fused-ring (bicyclic) bond motifs is 2. The minimum atomic E-state index is -3.79. The van der Waals surface area contributed by atoms with E-state index >= 15 is 0 Å². The van der Waals surface area contributed by atoms with E-state index in [-0.39, 0.29) is 0 Å². The van der Waals surface area contributed by atoms with E-state index in [1.54, 1.807) is 31.3 Å². The molecule has 3 aromatic carbocycles. The van der Waals surface area contributed by atoms with Gasteiger partial charge in [-0.3, -0.25) is 4.31 Å². The molecule has 2 heterocycles. The summed E-state index contributed by atoms with van der Waals surface area (Å²) in [6.45, 7) is 4.57. The van der Waals surface area contributed by atoms with Crippen LogP contribution in [0.4, 0.5) is 11.4 Å². The number of sulfonamides is 1. The molecule has 0 amide bonds. The van der Waals surface area contributed by atoms with Gasteiger partial charge in [-0.25, -0.2) is 8.42 Å². The lowest BCUT2D eigenvalue weighted by molar-refractivity contribution is 0.171. The minimum absolute atomic E-state index is 0.291. The van der Waals surface area contributed by atoms with Gasteiger partial charge in [-0.15, -0.1) is 0 Å². The van der Waals surface area contributed by atoms with Crippen LogP contribution in [0.1, 0.15) is 0 Å². The molecule has 0 bridgehead atoms. The monoisotopic (exact) mass is 439 g/mol. The quantitative estimate of drug-likeness (QED) is 0.674. The van der Waals surface area contributed by atoms with E-state index < -0.39 is 10.0 Å². The molecule has 5 rings (SSSR count). The Kier molecular flexibility index (Phi) is 5.11. The molecule has 0 atom stereocenters. The molecule has 162 valence electrons. The van der Waals surface area contributed by atoms with Crippen LogP contribution in [0.15, 0.2) is 59.5 Å². The average molecular weight is 440 g/mol. The van der Waals surface area contributed by atoms with E-state index in [1.807, 2.05) is 30.3 Å². The number of hydrogen-bond acceptors (Lipinski definition) is 6. The zero-order valence-corrected chi connectivity index (χ0v) is 18.2. The smallest absolute Gasteiger partial charge is 0.264 e. The Bertz CT molecular complexity index is 1220. The SMILES string of the molecule is CN(c1ccc2c(c1)OCCO2)S(=O)(=O)c1ccc(N2CCNCC2)c2ccccc12. The number of piperazine rings is 1. The van der Waals surface area contributed by atoms with Gasteiger partial charge in [0.05, 0.1) is 10.6 Å². The Morgan fingerprint density at radius 1 is 0.903 bits per heavy atom. The van der Waals surface area contributed by atoms with E-state index in [1.165, 1.54) is 4.31 Å². The molecule has 8 heteroatoms. The van der Waals surface area contributed by atoms with Gasteiger partial charge in [-0.1, -0.05) is 24.3 Å². The van der Waals surface area contributed by atoms with Crippen molar-refractivity contribution in [2.75, 3.05) is 55.6 Å². The van der Waals surface area contributed by atoms with Gasteiger partial charge in [0.25, 0.3) is 10.0 Å². The third-order valence-electron chi connectivity index (χ3n) is 5.85. The van der Waals surface area contributed by atoms with Crippen molar-refractivity contribution in [1.82, 2.24) is 5.32 Å². The molecule has 0 spiro atoms. The molecule has 0 radical (unpaired) electrons. The summed E-state index contributed by atoms with van der Waals surface area (Å²) in [5, 5.41) is 5.03. The first-order valence-electron chi connectivity index (χ1n) is 10.4. The number of nitrogens with zero attached hydrogens (tertiary/aromatic N) is 2. The number of hydrogen-bond donors (Lipinski definition) is 1. The fourth-order valence-corrected chi connectivity index (χ4v) is 5.56. The van der Waals surface area contributed by atoms with Crippen molar-refractivity contribution >= 4 is 32.2 Å². The first kappa shape index (κ1) is 20.0. The number of rotatable bonds is 4. The molecule has 0 aliphatic carbocycles. The number of ether oxygens (including phenoxy) is 2. The molecule has 31 heavy (non-hydrogen) atoms. The molecule has 0 saturated carbocycles. The van der Waals surface area contributed by atoms with Crippen LogP contribution in [0.2, 0.25) is 0 Å². The molecule has 2 aliphatic rings. The van der Waals surface area contributed by atoms with E-state index in [4.69, 9.17) is 9.47 Å². The molecular formula is C23H25N3O4S. The summed E-state index contributed by atoms with van der Waals surface area (Å²) in [5.41, 5.74) is 1.59. The van der Waals surface area contributed by atoms with E-state index in [9.17, 15) is 8.42 Å². The zero-order chi connectivity index (χ0) is 21.4. The van der Waals surface area contributed by atoms with Crippen molar-refractivity contribution in [3.05, 3.63) is 54.6 Å². The summed E-state index contributed by atoms with van der Waals surface area (Å²) in [7, 11) is -2.22. The summed E-state index contributed by atoms with van der Waals surface area (Å²) in [4.78, 5) is 2.60. The summed E-state index contributed by atoms with van der Waals surface area (Å²) in [6.07, 6.45) is 0. The molecule has 0 unspecified atom stereocenters. The second-order valence-electron chi connectivity index (χ2n) is 7.67. The van der Waals surface area contributed by atoms with Gasteiger partial charge in [0.15, 0.2) is 11.5 Å². The molecule has 1 N–H and O–H groups in total. The van der Waals surface area contributed by atoms with Crippen LogP contribution in [0.25, 0.3) is 10.8 Å². The highest BCUT2D eigenvalue weighted by Gasteiger charge is 2.26. The van der Waals surface area contributed by atoms with Crippen LogP contribution in [-0.2, 0) is 10.0 Å². The first-order chi connectivity index (χ1) is 15.1. The van der Waals surface area contributed by atoms with Crippen molar-refractivity contribution in [1.29, 1.82) is 0 Å². The number of anilines is 2. The van der Waals surface area contributed by atoms with Crippen molar-refractivity contribution in [3.63, 3.8) is 0 Å². The van der Waals surface area contributed by atoms with Crippen LogP contribution in [0.3, 0.4) is 0 Å². The highest BCUT2D eigenvalue weighted by atomic mass is 32.2. The molecule has 3 aromatic rings. The maximum atomic E-state index is 13.6. The molecule has 0 aromatic heterocycles. The molecule has 7 nitrogen and oxygen atoms in total. The predicted octanol–water partition coefficient (Wildman–Crippen LogP) is 2.85. The van der Waals surface area contributed by atoms with Crippen molar-refractivity contribution < 1.29 is 17.9 Å². The van der Waals surface area contributed by atoms with Gasteiger partial charge in [-0.05, 0) is 24.3 Å². The number of benzene rings is 3. The summed E-state index contributed by atoms with van der Waals surface area (Å²) < 4.78 is 39.8. The van der Waals surface area contributed by atoms with Crippen molar-refractivity contribution in [2.45, 2.75) is 4.90 Å². The van der Waals surface area contributed by atoms with Gasteiger partial charge >= 0.3 is 0 Å². The van der Waals surface area contributed by atoms with Gasteiger partial charge in [-0.2, -0.15) is 0 Å². The van der Waals surface area contributed by atoms with E-state index in [0.29, 0.717) is 35.3 Å². The lowest BCUT2D eigenvalue weighted by atomic mass is 10.1. The summed E-state index contributed by atoms with van der Waals surface area (Å²) in [6, 6.07) is 16.6. The predicted molar refractivity (Wildman–Crippen MR) is 122 cm³/mol.